The van der Waals surface area contributed by atoms with E-state index in [4.69, 9.17) is 5.11 Å². The number of carboxylic acid groups (broad SMARTS) is 1. The van der Waals surface area contributed by atoms with Crippen molar-refractivity contribution in [3.05, 3.63) is 0 Å². The highest BCUT2D eigenvalue weighted by atomic mass is 16.4. The number of likely N-dealkylation sites (tertiary alicyclic amines) is 1. The Bertz CT molecular complexity index is 331. The van der Waals surface area contributed by atoms with Crippen molar-refractivity contribution in [1.82, 2.24) is 15.5 Å². The number of aliphatic carboxylic acids is 1. The lowest BCUT2D eigenvalue weighted by atomic mass is 9.98. The fourth-order valence-electron chi connectivity index (χ4n) is 2.45. The van der Waals surface area contributed by atoms with Gasteiger partial charge in [0.25, 0.3) is 0 Å². The van der Waals surface area contributed by atoms with Crippen LogP contribution in [0.5, 0.6) is 0 Å². The van der Waals surface area contributed by atoms with Gasteiger partial charge in [-0.05, 0) is 46.2 Å². The van der Waals surface area contributed by atoms with Crippen molar-refractivity contribution in [2.45, 2.75) is 38.6 Å². The van der Waals surface area contributed by atoms with E-state index in [-0.39, 0.29) is 12.5 Å². The van der Waals surface area contributed by atoms with Crippen LogP contribution in [0.15, 0.2) is 0 Å². The first kappa shape index (κ1) is 15.8. The smallest absolute Gasteiger partial charge is 0.315 e. The van der Waals surface area contributed by atoms with Crippen molar-refractivity contribution in [2.75, 3.05) is 26.7 Å². The second-order valence-corrected chi connectivity index (χ2v) is 6.06. The van der Waals surface area contributed by atoms with Gasteiger partial charge in [-0.15, -0.1) is 0 Å². The predicted molar refractivity (Wildman–Crippen MR) is 73.1 cm³/mol. The monoisotopic (exact) mass is 271 g/mol. The summed E-state index contributed by atoms with van der Waals surface area (Å²) < 4.78 is 0. The summed E-state index contributed by atoms with van der Waals surface area (Å²) in [6.45, 7) is 6.16. The molecule has 1 atom stereocenters. The molecule has 19 heavy (non-hydrogen) atoms. The Morgan fingerprint density at radius 2 is 2.11 bits per heavy atom. The van der Waals surface area contributed by atoms with Crippen molar-refractivity contribution in [3.8, 4) is 0 Å². The Kier molecular flexibility index (Phi) is 5.60. The lowest BCUT2D eigenvalue weighted by Crippen LogP contribution is -2.51. The molecule has 2 amide bonds. The van der Waals surface area contributed by atoms with Gasteiger partial charge in [0.2, 0.25) is 0 Å². The lowest BCUT2D eigenvalue weighted by Gasteiger charge is -2.30. The molecular weight excluding hydrogens is 246 g/mol. The number of nitrogens with zero attached hydrogens (tertiary/aromatic N) is 1. The summed E-state index contributed by atoms with van der Waals surface area (Å²) in [5.74, 6) is -0.439. The van der Waals surface area contributed by atoms with Gasteiger partial charge in [-0.3, -0.25) is 4.79 Å². The van der Waals surface area contributed by atoms with Crippen LogP contribution < -0.4 is 10.6 Å². The summed E-state index contributed by atoms with van der Waals surface area (Å²) in [6, 6.07) is -0.292. The Labute approximate surface area is 114 Å². The van der Waals surface area contributed by atoms with E-state index in [0.717, 1.165) is 25.9 Å². The van der Waals surface area contributed by atoms with Gasteiger partial charge in [0.15, 0.2) is 0 Å². The maximum Gasteiger partial charge on any atom is 0.315 e. The van der Waals surface area contributed by atoms with Crippen LogP contribution in [0.1, 0.15) is 33.1 Å². The number of rotatable bonds is 5. The minimum atomic E-state index is -0.917. The summed E-state index contributed by atoms with van der Waals surface area (Å²) in [4.78, 5) is 24.7. The molecule has 1 unspecified atom stereocenters. The van der Waals surface area contributed by atoms with Crippen LogP contribution in [0, 0.1) is 5.92 Å². The fraction of sp³-hybridized carbons (Fsp3) is 0.846. The molecule has 0 radical (unpaired) electrons. The molecule has 1 rings (SSSR count). The molecule has 0 aromatic rings. The third-order valence-corrected chi connectivity index (χ3v) is 3.32. The first-order valence-corrected chi connectivity index (χ1v) is 6.75. The molecule has 0 spiro atoms. The predicted octanol–water partition coefficient (Wildman–Crippen LogP) is 0.881. The van der Waals surface area contributed by atoms with Crippen molar-refractivity contribution in [2.24, 2.45) is 5.92 Å². The molecule has 3 N–H and O–H groups in total. The minimum Gasteiger partial charge on any atom is -0.481 e. The van der Waals surface area contributed by atoms with Gasteiger partial charge in [-0.2, -0.15) is 0 Å². The van der Waals surface area contributed by atoms with E-state index in [1.54, 1.807) is 13.8 Å². The molecule has 1 fully saturated rings. The number of carboxylic acids is 1. The van der Waals surface area contributed by atoms with Crippen molar-refractivity contribution >= 4 is 12.0 Å². The summed E-state index contributed by atoms with van der Waals surface area (Å²) in [5, 5.41) is 14.3. The number of piperidine rings is 1. The Balaban J connectivity index is 2.29. The molecule has 0 aromatic heterocycles. The first-order chi connectivity index (χ1) is 8.78. The second kappa shape index (κ2) is 6.75. The molecule has 1 heterocycles. The topological polar surface area (TPSA) is 81.7 Å². The number of urea groups is 1. The molecule has 0 aliphatic carbocycles. The van der Waals surface area contributed by atoms with Gasteiger partial charge in [0.05, 0.1) is 6.42 Å². The number of carbonyl (C=O) groups is 2. The molecule has 1 aliphatic rings. The van der Waals surface area contributed by atoms with Crippen LogP contribution in [0.3, 0.4) is 0 Å². The highest BCUT2D eigenvalue weighted by Crippen LogP contribution is 2.14. The van der Waals surface area contributed by atoms with Crippen LogP contribution in [0.2, 0.25) is 0 Å². The van der Waals surface area contributed by atoms with E-state index in [1.165, 1.54) is 0 Å². The van der Waals surface area contributed by atoms with Gasteiger partial charge in [-0.25, -0.2) is 4.79 Å². The third kappa shape index (κ3) is 6.42. The third-order valence-electron chi connectivity index (χ3n) is 3.32. The van der Waals surface area contributed by atoms with Gasteiger partial charge < -0.3 is 20.6 Å². The maximum atomic E-state index is 11.7. The molecule has 110 valence electrons. The van der Waals surface area contributed by atoms with E-state index in [2.05, 4.69) is 22.6 Å². The van der Waals surface area contributed by atoms with Gasteiger partial charge in [-0.1, -0.05) is 0 Å². The lowest BCUT2D eigenvalue weighted by molar-refractivity contribution is -0.138. The summed E-state index contributed by atoms with van der Waals surface area (Å²) >= 11 is 0. The molecule has 0 aromatic carbocycles. The van der Waals surface area contributed by atoms with E-state index in [0.29, 0.717) is 12.5 Å². The van der Waals surface area contributed by atoms with E-state index >= 15 is 0 Å². The zero-order valence-electron chi connectivity index (χ0n) is 12.0. The largest absolute Gasteiger partial charge is 0.481 e. The summed E-state index contributed by atoms with van der Waals surface area (Å²) in [7, 11) is 2.09. The number of amides is 2. The van der Waals surface area contributed by atoms with Crippen LogP contribution in [0.4, 0.5) is 4.79 Å². The molecule has 1 aliphatic heterocycles. The summed E-state index contributed by atoms with van der Waals surface area (Å²) in [6.07, 6.45) is 2.20. The van der Waals surface area contributed by atoms with Crippen molar-refractivity contribution in [1.29, 1.82) is 0 Å². The van der Waals surface area contributed by atoms with Crippen LogP contribution in [0.25, 0.3) is 0 Å². The summed E-state index contributed by atoms with van der Waals surface area (Å²) in [5.41, 5.74) is -0.737. The quantitative estimate of drug-likeness (QED) is 0.693. The van der Waals surface area contributed by atoms with Crippen LogP contribution in [-0.2, 0) is 4.79 Å². The zero-order chi connectivity index (χ0) is 14.5. The number of hydrogen-bond donors (Lipinski definition) is 3. The molecular formula is C13H25N3O3. The zero-order valence-corrected chi connectivity index (χ0v) is 12.0. The number of nitrogens with one attached hydrogen (secondary N) is 2. The second-order valence-electron chi connectivity index (χ2n) is 6.06. The Hall–Kier alpha value is -1.30. The van der Waals surface area contributed by atoms with Gasteiger partial charge >= 0.3 is 12.0 Å². The maximum absolute atomic E-state index is 11.7. The normalized spacial score (nSPS) is 20.9. The highest BCUT2D eigenvalue weighted by molar-refractivity contribution is 5.76. The molecule has 6 heteroatoms. The molecule has 1 saturated heterocycles. The minimum absolute atomic E-state index is 0.0907. The number of carbonyl (C=O) groups excluding carboxylic acids is 1. The van der Waals surface area contributed by atoms with E-state index in [9.17, 15) is 9.59 Å². The standard InChI is InChI=1S/C13H25N3O3/c1-13(2,7-11(17)18)15-12(19)14-8-10-5-4-6-16(3)9-10/h10H,4-9H2,1-3H3,(H,17,18)(H2,14,15,19). The van der Waals surface area contributed by atoms with Crippen molar-refractivity contribution in [3.63, 3.8) is 0 Å². The molecule has 0 saturated carbocycles. The van der Waals surface area contributed by atoms with Crippen LogP contribution >= 0.6 is 0 Å². The van der Waals surface area contributed by atoms with E-state index < -0.39 is 11.5 Å². The van der Waals surface area contributed by atoms with E-state index in [1.807, 2.05) is 0 Å². The molecule has 0 bridgehead atoms. The van der Waals surface area contributed by atoms with Crippen molar-refractivity contribution < 1.29 is 14.7 Å². The number of hydrogen-bond acceptors (Lipinski definition) is 3. The highest BCUT2D eigenvalue weighted by Gasteiger charge is 2.24. The average molecular weight is 271 g/mol. The van der Waals surface area contributed by atoms with Crippen LogP contribution in [-0.4, -0.2) is 54.2 Å². The Morgan fingerprint density at radius 1 is 1.42 bits per heavy atom. The average Bonchev–Trinajstić information content (AvgIpc) is 2.24. The SMILES string of the molecule is CN1CCCC(CNC(=O)NC(C)(C)CC(=O)O)C1. The first-order valence-electron chi connectivity index (χ1n) is 6.75. The van der Waals surface area contributed by atoms with Gasteiger partial charge in [0.1, 0.15) is 0 Å². The Morgan fingerprint density at radius 3 is 2.68 bits per heavy atom. The fourth-order valence-corrected chi connectivity index (χ4v) is 2.45. The molecule has 6 nitrogen and oxygen atoms in total. The van der Waals surface area contributed by atoms with Gasteiger partial charge in [0, 0.05) is 18.6 Å².